The van der Waals surface area contributed by atoms with E-state index in [0.29, 0.717) is 19.5 Å². The number of piperidine rings is 1. The van der Waals surface area contributed by atoms with E-state index in [1.54, 1.807) is 24.6 Å². The van der Waals surface area contributed by atoms with Gasteiger partial charge in [-0.2, -0.15) is 0 Å². The highest BCUT2D eigenvalue weighted by molar-refractivity contribution is 5.87. The van der Waals surface area contributed by atoms with Crippen molar-refractivity contribution in [2.24, 2.45) is 13.0 Å². The van der Waals surface area contributed by atoms with Crippen molar-refractivity contribution in [3.63, 3.8) is 0 Å². The normalized spacial score (nSPS) is 19.6. The van der Waals surface area contributed by atoms with Gasteiger partial charge in [-0.1, -0.05) is 36.4 Å². The molecule has 1 amide bonds. The average Bonchev–Trinajstić information content (AvgIpc) is 3.73. The average molecular weight is 500 g/mol. The molecule has 2 aromatic carbocycles. The van der Waals surface area contributed by atoms with Crippen LogP contribution in [0.3, 0.4) is 0 Å². The number of pyridine rings is 1. The van der Waals surface area contributed by atoms with Gasteiger partial charge in [0.1, 0.15) is 5.78 Å². The van der Waals surface area contributed by atoms with Gasteiger partial charge in [-0.05, 0) is 85.0 Å². The molecule has 37 heavy (non-hydrogen) atoms. The lowest BCUT2D eigenvalue weighted by Gasteiger charge is -2.36. The van der Waals surface area contributed by atoms with Crippen LogP contribution in [-0.2, 0) is 29.6 Å². The van der Waals surface area contributed by atoms with Crippen LogP contribution in [0.2, 0.25) is 0 Å². The first-order valence-electron chi connectivity index (χ1n) is 13.6. The molecule has 6 heteroatoms. The summed E-state index contributed by atoms with van der Waals surface area (Å²) in [7, 11) is 1.75. The van der Waals surface area contributed by atoms with Gasteiger partial charge in [0.05, 0.1) is 5.92 Å². The summed E-state index contributed by atoms with van der Waals surface area (Å²) in [6.45, 7) is 3.71. The Morgan fingerprint density at radius 2 is 1.89 bits per heavy atom. The van der Waals surface area contributed by atoms with Crippen molar-refractivity contribution in [2.75, 3.05) is 13.1 Å². The molecular formula is C31H37N3O3. The molecule has 1 aromatic heterocycles. The number of benzene rings is 2. The zero-order valence-electron chi connectivity index (χ0n) is 21.9. The summed E-state index contributed by atoms with van der Waals surface area (Å²) in [5.41, 5.74) is 3.33. The predicted molar refractivity (Wildman–Crippen MR) is 147 cm³/mol. The lowest BCUT2D eigenvalue weighted by molar-refractivity contribution is -0.138. The molecule has 3 aromatic rings. The van der Waals surface area contributed by atoms with Gasteiger partial charge in [0, 0.05) is 44.9 Å². The Morgan fingerprint density at radius 1 is 1.08 bits per heavy atom. The Balaban J connectivity index is 1.43. The molecule has 194 valence electrons. The minimum absolute atomic E-state index is 0.0330. The first-order chi connectivity index (χ1) is 17.9. The summed E-state index contributed by atoms with van der Waals surface area (Å²) in [5.74, 6) is 0.259. The maximum absolute atomic E-state index is 14.2. The van der Waals surface area contributed by atoms with Gasteiger partial charge in [0.2, 0.25) is 5.91 Å². The Hall–Kier alpha value is -3.25. The molecule has 1 saturated carbocycles. The molecule has 6 nitrogen and oxygen atoms in total. The van der Waals surface area contributed by atoms with Crippen LogP contribution in [0.4, 0.5) is 0 Å². The van der Waals surface area contributed by atoms with E-state index in [9.17, 15) is 14.4 Å². The van der Waals surface area contributed by atoms with E-state index in [4.69, 9.17) is 0 Å². The van der Waals surface area contributed by atoms with Gasteiger partial charge in [-0.15, -0.1) is 0 Å². The van der Waals surface area contributed by atoms with E-state index in [-0.39, 0.29) is 35.1 Å². The van der Waals surface area contributed by atoms with Crippen LogP contribution in [0.1, 0.15) is 61.6 Å². The summed E-state index contributed by atoms with van der Waals surface area (Å²) in [6, 6.07) is 16.8. The molecule has 0 spiro atoms. The third kappa shape index (κ3) is 5.85. The Kier molecular flexibility index (Phi) is 7.56. The lowest BCUT2D eigenvalue weighted by Crippen LogP contribution is -2.47. The third-order valence-electron chi connectivity index (χ3n) is 7.97. The van der Waals surface area contributed by atoms with Crippen LogP contribution in [0.25, 0.3) is 10.8 Å². The number of Topliss-reactive ketones (excluding diaryl/α,β-unsaturated/α-hetero) is 1. The van der Waals surface area contributed by atoms with E-state index in [0.717, 1.165) is 44.2 Å². The number of aromatic nitrogens is 1. The zero-order valence-corrected chi connectivity index (χ0v) is 21.9. The number of ketones is 1. The molecule has 1 unspecified atom stereocenters. The molecule has 1 aliphatic heterocycles. The standard InChI is InChI=1S/C31H37N3O3/c1-21(35)6-5-7-22-16-23-8-3-4-9-27(23)25(17-22)20-34(26-10-11-26)31(37)29-19-32-14-12-28(29)24-13-15-33(2)30(36)18-24/h3-4,8-9,13,15-18,26,28-29,32H,5-7,10-12,14,19-20H2,1-2H3/t28?,29-/m0/s1. The minimum Gasteiger partial charge on any atom is -0.335 e. The summed E-state index contributed by atoms with van der Waals surface area (Å²) >= 11 is 0. The van der Waals surface area contributed by atoms with Gasteiger partial charge in [-0.25, -0.2) is 0 Å². The number of carbonyl (C=O) groups is 2. The fourth-order valence-electron chi connectivity index (χ4n) is 5.76. The monoisotopic (exact) mass is 499 g/mol. The number of nitrogens with zero attached hydrogens (tertiary/aromatic N) is 2. The van der Waals surface area contributed by atoms with Gasteiger partial charge in [0.25, 0.3) is 5.56 Å². The second-order valence-electron chi connectivity index (χ2n) is 10.8. The van der Waals surface area contributed by atoms with Crippen molar-refractivity contribution in [3.8, 4) is 0 Å². The fourth-order valence-corrected chi connectivity index (χ4v) is 5.76. The number of aryl methyl sites for hydroxylation is 2. The van der Waals surface area contributed by atoms with Crippen LogP contribution in [0, 0.1) is 5.92 Å². The maximum atomic E-state index is 14.2. The Labute approximate surface area is 218 Å². The molecule has 2 atom stereocenters. The molecule has 2 fully saturated rings. The van der Waals surface area contributed by atoms with Crippen molar-refractivity contribution in [1.82, 2.24) is 14.8 Å². The highest BCUT2D eigenvalue weighted by atomic mass is 16.2. The topological polar surface area (TPSA) is 71.4 Å². The molecular weight excluding hydrogens is 462 g/mol. The van der Waals surface area contributed by atoms with Crippen LogP contribution in [0.15, 0.2) is 59.5 Å². The molecule has 1 saturated heterocycles. The molecule has 0 bridgehead atoms. The Bertz CT molecular complexity index is 1360. The first-order valence-corrected chi connectivity index (χ1v) is 13.6. The van der Waals surface area contributed by atoms with Gasteiger partial charge >= 0.3 is 0 Å². The van der Waals surface area contributed by atoms with Crippen molar-refractivity contribution in [2.45, 2.75) is 64.0 Å². The van der Waals surface area contributed by atoms with Crippen LogP contribution in [-0.4, -0.2) is 40.3 Å². The third-order valence-corrected chi connectivity index (χ3v) is 7.97. The number of carbonyl (C=O) groups excluding carboxylic acids is 2. The van der Waals surface area contributed by atoms with E-state index < -0.39 is 0 Å². The van der Waals surface area contributed by atoms with Crippen molar-refractivity contribution < 1.29 is 9.59 Å². The SMILES string of the molecule is CC(=O)CCCc1cc(CN(C(=O)[C@H]2CNCCC2c2ccn(C)c(=O)c2)C2CC2)c2ccccc2c1. The quantitative estimate of drug-likeness (QED) is 0.476. The number of amides is 1. The number of hydrogen-bond acceptors (Lipinski definition) is 4. The van der Waals surface area contributed by atoms with E-state index in [2.05, 4.69) is 46.6 Å². The van der Waals surface area contributed by atoms with E-state index in [1.807, 2.05) is 12.3 Å². The van der Waals surface area contributed by atoms with E-state index >= 15 is 0 Å². The zero-order chi connectivity index (χ0) is 25.9. The molecule has 1 N–H and O–H groups in total. The van der Waals surface area contributed by atoms with Crippen molar-refractivity contribution in [3.05, 3.63) is 81.8 Å². The van der Waals surface area contributed by atoms with Gasteiger partial charge < -0.3 is 19.6 Å². The summed E-state index contributed by atoms with van der Waals surface area (Å²) < 4.78 is 1.58. The van der Waals surface area contributed by atoms with Crippen LogP contribution in [0.5, 0.6) is 0 Å². The lowest BCUT2D eigenvalue weighted by atomic mass is 9.80. The molecule has 2 heterocycles. The smallest absolute Gasteiger partial charge is 0.250 e. The maximum Gasteiger partial charge on any atom is 0.250 e. The Morgan fingerprint density at radius 3 is 2.65 bits per heavy atom. The molecule has 5 rings (SSSR count). The largest absolute Gasteiger partial charge is 0.335 e. The van der Waals surface area contributed by atoms with Crippen molar-refractivity contribution in [1.29, 1.82) is 0 Å². The second kappa shape index (κ2) is 11.0. The first kappa shape index (κ1) is 25.4. The highest BCUT2D eigenvalue weighted by Crippen LogP contribution is 2.36. The molecule has 1 aliphatic carbocycles. The highest BCUT2D eigenvalue weighted by Gasteiger charge is 2.40. The number of fused-ring (bicyclic) bond motifs is 1. The number of rotatable bonds is 9. The summed E-state index contributed by atoms with van der Waals surface area (Å²) in [4.78, 5) is 40.1. The van der Waals surface area contributed by atoms with Gasteiger partial charge in [-0.3, -0.25) is 9.59 Å². The molecule has 2 aliphatic rings. The van der Waals surface area contributed by atoms with Crippen molar-refractivity contribution >= 4 is 22.5 Å². The van der Waals surface area contributed by atoms with Gasteiger partial charge in [0.15, 0.2) is 0 Å². The molecule has 0 radical (unpaired) electrons. The number of nitrogens with one attached hydrogen (secondary N) is 1. The number of hydrogen-bond donors (Lipinski definition) is 1. The summed E-state index contributed by atoms with van der Waals surface area (Å²) in [5, 5.41) is 5.79. The van der Waals surface area contributed by atoms with Crippen LogP contribution < -0.4 is 10.9 Å². The second-order valence-corrected chi connectivity index (χ2v) is 10.8. The van der Waals surface area contributed by atoms with E-state index in [1.165, 1.54) is 21.9 Å². The predicted octanol–water partition coefficient (Wildman–Crippen LogP) is 4.33. The minimum atomic E-state index is -0.188. The fraction of sp³-hybridized carbons (Fsp3) is 0.452. The summed E-state index contributed by atoms with van der Waals surface area (Å²) in [6.07, 6.45) is 7.02. The van der Waals surface area contributed by atoms with Crippen LogP contribution >= 0.6 is 0 Å².